The van der Waals surface area contributed by atoms with E-state index in [1.54, 1.807) is 7.11 Å². The van der Waals surface area contributed by atoms with E-state index >= 15 is 0 Å². The molecule has 0 bridgehead atoms. The Labute approximate surface area is 142 Å². The number of methoxy groups -OCH3 is 1. The first-order chi connectivity index (χ1) is 11.0. The van der Waals surface area contributed by atoms with Crippen LogP contribution in [0.1, 0.15) is 47.0 Å². The predicted octanol–water partition coefficient (Wildman–Crippen LogP) is 2.18. The minimum absolute atomic E-state index is 0.110. The quantitative estimate of drug-likeness (QED) is 0.622. The van der Waals surface area contributed by atoms with Gasteiger partial charge >= 0.3 is 0 Å². The van der Waals surface area contributed by atoms with E-state index in [9.17, 15) is 0 Å². The fraction of sp³-hybridized carbons (Fsp3) is 0.944. The van der Waals surface area contributed by atoms with E-state index in [1.165, 1.54) is 32.4 Å². The van der Waals surface area contributed by atoms with Crippen LogP contribution in [0.4, 0.5) is 0 Å². The Balaban J connectivity index is 1.96. The highest BCUT2D eigenvalue weighted by Crippen LogP contribution is 2.23. The first-order valence-corrected chi connectivity index (χ1v) is 9.25. The van der Waals surface area contributed by atoms with Crippen molar-refractivity contribution < 1.29 is 4.74 Å². The zero-order chi connectivity index (χ0) is 16.9. The van der Waals surface area contributed by atoms with E-state index in [1.807, 2.05) is 0 Å². The van der Waals surface area contributed by atoms with E-state index in [-0.39, 0.29) is 11.5 Å². The number of nitrogens with zero attached hydrogens (tertiary/aromatic N) is 3. The second-order valence-corrected chi connectivity index (χ2v) is 7.92. The first kappa shape index (κ1) is 18.5. The van der Waals surface area contributed by atoms with Crippen molar-refractivity contribution in [3.63, 3.8) is 0 Å². The zero-order valence-corrected chi connectivity index (χ0v) is 15.8. The second-order valence-electron chi connectivity index (χ2n) is 7.92. The lowest BCUT2D eigenvalue weighted by atomic mass is 9.89. The molecule has 2 atom stereocenters. The van der Waals surface area contributed by atoms with Gasteiger partial charge in [-0.1, -0.05) is 20.8 Å². The Morgan fingerprint density at radius 1 is 1.26 bits per heavy atom. The molecular weight excluding hydrogens is 288 g/mol. The summed E-state index contributed by atoms with van der Waals surface area (Å²) < 4.78 is 5.65. The van der Waals surface area contributed by atoms with Crippen molar-refractivity contribution in [2.75, 3.05) is 46.4 Å². The van der Waals surface area contributed by atoms with Crippen LogP contribution in [0.15, 0.2) is 4.99 Å². The summed E-state index contributed by atoms with van der Waals surface area (Å²) in [6.45, 7) is 15.2. The van der Waals surface area contributed by atoms with E-state index < -0.39 is 0 Å². The molecule has 2 aliphatic rings. The van der Waals surface area contributed by atoms with Crippen LogP contribution < -0.4 is 5.32 Å². The summed E-state index contributed by atoms with van der Waals surface area (Å²) in [6, 6.07) is 0.710. The Bertz CT molecular complexity index is 385. The van der Waals surface area contributed by atoms with Crippen LogP contribution in [-0.4, -0.2) is 74.3 Å². The summed E-state index contributed by atoms with van der Waals surface area (Å²) in [5.41, 5.74) is 0.110. The van der Waals surface area contributed by atoms with Crippen molar-refractivity contribution >= 4 is 5.96 Å². The first-order valence-electron chi connectivity index (χ1n) is 9.25. The molecule has 2 rings (SSSR count). The number of likely N-dealkylation sites (tertiary alicyclic amines) is 2. The van der Waals surface area contributed by atoms with Crippen LogP contribution in [0.2, 0.25) is 0 Å². The monoisotopic (exact) mass is 324 g/mol. The molecule has 0 aromatic rings. The number of ether oxygens (including phenoxy) is 1. The highest BCUT2D eigenvalue weighted by atomic mass is 16.5. The molecule has 1 N–H and O–H groups in total. The SMILES string of the molecule is CCNC(=NCC(OC)C(C)(C)C)N1CCC(N2CCCC2)C1. The number of rotatable bonds is 5. The van der Waals surface area contributed by atoms with Gasteiger partial charge in [0.15, 0.2) is 5.96 Å². The molecule has 0 aromatic heterocycles. The summed E-state index contributed by atoms with van der Waals surface area (Å²) in [7, 11) is 1.79. The maximum absolute atomic E-state index is 5.65. The summed E-state index contributed by atoms with van der Waals surface area (Å²) >= 11 is 0. The molecule has 5 nitrogen and oxygen atoms in total. The molecule has 2 fully saturated rings. The van der Waals surface area contributed by atoms with Crippen molar-refractivity contribution in [3.8, 4) is 0 Å². The van der Waals surface area contributed by atoms with E-state index in [4.69, 9.17) is 9.73 Å². The molecule has 2 heterocycles. The topological polar surface area (TPSA) is 40.1 Å². The Morgan fingerprint density at radius 3 is 2.52 bits per heavy atom. The van der Waals surface area contributed by atoms with Crippen LogP contribution >= 0.6 is 0 Å². The zero-order valence-electron chi connectivity index (χ0n) is 15.8. The minimum atomic E-state index is 0.110. The van der Waals surface area contributed by atoms with Gasteiger partial charge in [0.05, 0.1) is 12.6 Å². The Morgan fingerprint density at radius 2 is 1.96 bits per heavy atom. The van der Waals surface area contributed by atoms with Crippen LogP contribution in [-0.2, 0) is 4.74 Å². The van der Waals surface area contributed by atoms with E-state index in [0.717, 1.165) is 25.6 Å². The number of guanidine groups is 1. The smallest absolute Gasteiger partial charge is 0.194 e. The third-order valence-corrected chi connectivity index (χ3v) is 5.11. The Hall–Kier alpha value is -0.810. The molecule has 0 radical (unpaired) electrons. The molecular formula is C18H36N4O. The summed E-state index contributed by atoms with van der Waals surface area (Å²) in [5, 5.41) is 3.47. The van der Waals surface area contributed by atoms with Crippen molar-refractivity contribution in [1.82, 2.24) is 15.1 Å². The number of hydrogen-bond donors (Lipinski definition) is 1. The lowest BCUT2D eigenvalue weighted by Crippen LogP contribution is -2.43. The van der Waals surface area contributed by atoms with Crippen molar-refractivity contribution in [1.29, 1.82) is 0 Å². The van der Waals surface area contributed by atoms with E-state index in [2.05, 4.69) is 42.8 Å². The van der Waals surface area contributed by atoms with Gasteiger partial charge in [-0.05, 0) is 44.7 Å². The standard InChI is InChI=1S/C18H36N4O/c1-6-19-17(20-13-16(23-5)18(2,3)4)22-12-9-15(14-22)21-10-7-8-11-21/h15-16H,6-14H2,1-5H3,(H,19,20). The molecule has 23 heavy (non-hydrogen) atoms. The highest BCUT2D eigenvalue weighted by Gasteiger charge is 2.31. The third kappa shape index (κ3) is 5.08. The Kier molecular flexibility index (Phi) is 6.72. The highest BCUT2D eigenvalue weighted by molar-refractivity contribution is 5.80. The van der Waals surface area contributed by atoms with Gasteiger partial charge in [0.1, 0.15) is 0 Å². The van der Waals surface area contributed by atoms with Gasteiger partial charge in [0.25, 0.3) is 0 Å². The number of hydrogen-bond acceptors (Lipinski definition) is 3. The van der Waals surface area contributed by atoms with Gasteiger partial charge in [-0.25, -0.2) is 0 Å². The largest absolute Gasteiger partial charge is 0.379 e. The third-order valence-electron chi connectivity index (χ3n) is 5.11. The average Bonchev–Trinajstić information content (AvgIpc) is 3.16. The second kappa shape index (κ2) is 8.34. The normalized spacial score (nSPS) is 25.2. The molecule has 2 unspecified atom stereocenters. The van der Waals surface area contributed by atoms with Crippen LogP contribution in [0.25, 0.3) is 0 Å². The molecule has 0 amide bonds. The lowest BCUT2D eigenvalue weighted by molar-refractivity contribution is 0.0240. The van der Waals surface area contributed by atoms with Crippen LogP contribution in [0, 0.1) is 5.41 Å². The van der Waals surface area contributed by atoms with Crippen LogP contribution in [0.5, 0.6) is 0 Å². The maximum Gasteiger partial charge on any atom is 0.194 e. The number of aliphatic imine (C=N–C) groups is 1. The fourth-order valence-electron chi connectivity index (χ4n) is 3.64. The van der Waals surface area contributed by atoms with E-state index in [0.29, 0.717) is 12.6 Å². The van der Waals surface area contributed by atoms with Crippen molar-refractivity contribution in [2.24, 2.45) is 10.4 Å². The van der Waals surface area contributed by atoms with Gasteiger partial charge in [-0.3, -0.25) is 9.89 Å². The average molecular weight is 325 g/mol. The molecule has 0 aliphatic carbocycles. The molecule has 0 aromatic carbocycles. The van der Waals surface area contributed by atoms with Gasteiger partial charge < -0.3 is 15.0 Å². The molecule has 134 valence electrons. The number of nitrogens with one attached hydrogen (secondary N) is 1. The summed E-state index contributed by atoms with van der Waals surface area (Å²) in [6.07, 6.45) is 4.14. The van der Waals surface area contributed by atoms with Crippen molar-refractivity contribution in [3.05, 3.63) is 0 Å². The molecule has 2 aliphatic heterocycles. The summed E-state index contributed by atoms with van der Waals surface area (Å²) in [4.78, 5) is 9.98. The van der Waals surface area contributed by atoms with Crippen LogP contribution in [0.3, 0.4) is 0 Å². The van der Waals surface area contributed by atoms with Gasteiger partial charge in [-0.2, -0.15) is 0 Å². The molecule has 5 heteroatoms. The molecule has 2 saturated heterocycles. The fourth-order valence-corrected chi connectivity index (χ4v) is 3.64. The molecule has 0 spiro atoms. The lowest BCUT2D eigenvalue weighted by Gasteiger charge is -2.29. The maximum atomic E-state index is 5.65. The van der Waals surface area contributed by atoms with Gasteiger partial charge in [0.2, 0.25) is 0 Å². The predicted molar refractivity (Wildman–Crippen MR) is 97.0 cm³/mol. The van der Waals surface area contributed by atoms with Crippen molar-refractivity contribution in [2.45, 2.75) is 59.1 Å². The summed E-state index contributed by atoms with van der Waals surface area (Å²) in [5.74, 6) is 1.06. The molecule has 0 saturated carbocycles. The van der Waals surface area contributed by atoms with Gasteiger partial charge in [-0.15, -0.1) is 0 Å². The minimum Gasteiger partial charge on any atom is -0.379 e. The van der Waals surface area contributed by atoms with Gasteiger partial charge in [0, 0.05) is 32.8 Å².